The van der Waals surface area contributed by atoms with Crippen molar-refractivity contribution in [3.8, 4) is 6.07 Å². The molecule has 0 aliphatic heterocycles. The van der Waals surface area contributed by atoms with Crippen LogP contribution >= 0.6 is 27.5 Å². The fraction of sp³-hybridized carbons (Fsp3) is 0. The van der Waals surface area contributed by atoms with Crippen LogP contribution in [-0.2, 0) is 0 Å². The number of nitrogens with one attached hydrogen (secondary N) is 1. The molecule has 5 heteroatoms. The smallest absolute Gasteiger partial charge is 0.143 e. The van der Waals surface area contributed by atoms with Gasteiger partial charge in [-0.3, -0.25) is 0 Å². The first-order chi connectivity index (χ1) is 8.60. The van der Waals surface area contributed by atoms with Gasteiger partial charge in [0.2, 0.25) is 0 Å². The molecule has 2 nitrogen and oxygen atoms in total. The monoisotopic (exact) mass is 324 g/mol. The van der Waals surface area contributed by atoms with E-state index >= 15 is 0 Å². The molecule has 0 fully saturated rings. The van der Waals surface area contributed by atoms with Crippen molar-refractivity contribution in [2.75, 3.05) is 5.32 Å². The highest BCUT2D eigenvalue weighted by molar-refractivity contribution is 9.10. The molecule has 0 amide bonds. The average molecular weight is 326 g/mol. The van der Waals surface area contributed by atoms with Gasteiger partial charge in [-0.2, -0.15) is 5.26 Å². The molecule has 0 atom stereocenters. The molecule has 0 aliphatic carbocycles. The maximum absolute atomic E-state index is 13.3. The maximum Gasteiger partial charge on any atom is 0.143 e. The number of hydrogen-bond acceptors (Lipinski definition) is 2. The largest absolute Gasteiger partial charge is 0.354 e. The number of benzene rings is 2. The molecule has 2 rings (SSSR count). The van der Waals surface area contributed by atoms with Gasteiger partial charge >= 0.3 is 0 Å². The summed E-state index contributed by atoms with van der Waals surface area (Å²) in [5.41, 5.74) is 1.62. The van der Waals surface area contributed by atoms with Gasteiger partial charge in [0.25, 0.3) is 0 Å². The lowest BCUT2D eigenvalue weighted by Gasteiger charge is -2.09. The van der Waals surface area contributed by atoms with Crippen LogP contribution in [0.1, 0.15) is 5.56 Å². The van der Waals surface area contributed by atoms with Crippen molar-refractivity contribution < 1.29 is 4.39 Å². The molecule has 2 aromatic carbocycles. The van der Waals surface area contributed by atoms with Crippen LogP contribution in [0.25, 0.3) is 0 Å². The van der Waals surface area contributed by atoms with E-state index in [4.69, 9.17) is 16.9 Å². The first kappa shape index (κ1) is 12.9. The van der Waals surface area contributed by atoms with Crippen LogP contribution in [-0.4, -0.2) is 0 Å². The number of rotatable bonds is 2. The van der Waals surface area contributed by atoms with Crippen LogP contribution in [0.15, 0.2) is 40.9 Å². The van der Waals surface area contributed by atoms with Crippen molar-refractivity contribution in [2.24, 2.45) is 0 Å². The molecule has 0 aromatic heterocycles. The molecule has 0 unspecified atom stereocenters. The van der Waals surface area contributed by atoms with Crippen molar-refractivity contribution in [3.63, 3.8) is 0 Å². The summed E-state index contributed by atoms with van der Waals surface area (Å²) in [6.07, 6.45) is 0. The third-order valence-electron chi connectivity index (χ3n) is 2.30. The molecule has 0 saturated carbocycles. The molecule has 0 bridgehead atoms. The van der Waals surface area contributed by atoms with E-state index in [1.807, 2.05) is 0 Å². The lowest BCUT2D eigenvalue weighted by Crippen LogP contribution is -1.94. The standard InChI is InChI=1S/C13H7BrClFN2/c14-9-2-1-8(7-17)13(5-9)18-10-3-4-11(15)12(16)6-10/h1-6,18H. The van der Waals surface area contributed by atoms with Crippen molar-refractivity contribution in [1.82, 2.24) is 0 Å². The minimum atomic E-state index is -0.504. The summed E-state index contributed by atoms with van der Waals surface area (Å²) >= 11 is 8.93. The van der Waals surface area contributed by atoms with Gasteiger partial charge in [0.1, 0.15) is 11.9 Å². The fourth-order valence-electron chi connectivity index (χ4n) is 1.45. The van der Waals surface area contributed by atoms with Gasteiger partial charge < -0.3 is 5.32 Å². The third kappa shape index (κ3) is 2.81. The topological polar surface area (TPSA) is 35.8 Å². The number of halogens is 3. The van der Waals surface area contributed by atoms with Gasteiger partial charge in [0, 0.05) is 10.2 Å². The van der Waals surface area contributed by atoms with E-state index in [-0.39, 0.29) is 5.02 Å². The Morgan fingerprint density at radius 1 is 1.22 bits per heavy atom. The predicted molar refractivity (Wildman–Crippen MR) is 73.5 cm³/mol. The van der Waals surface area contributed by atoms with Crippen LogP contribution in [0.2, 0.25) is 5.02 Å². The van der Waals surface area contributed by atoms with Crippen molar-refractivity contribution >= 4 is 38.9 Å². The molecule has 0 aliphatic rings. The summed E-state index contributed by atoms with van der Waals surface area (Å²) < 4.78 is 14.1. The molecule has 2 aromatic rings. The molecule has 0 radical (unpaired) electrons. The fourth-order valence-corrected chi connectivity index (χ4v) is 1.93. The summed E-state index contributed by atoms with van der Waals surface area (Å²) in [7, 11) is 0. The summed E-state index contributed by atoms with van der Waals surface area (Å²) in [6.45, 7) is 0. The Morgan fingerprint density at radius 3 is 2.67 bits per heavy atom. The Balaban J connectivity index is 2.36. The van der Waals surface area contributed by atoms with Crippen molar-refractivity contribution in [1.29, 1.82) is 5.26 Å². The molecule has 18 heavy (non-hydrogen) atoms. The maximum atomic E-state index is 13.3. The zero-order valence-corrected chi connectivity index (χ0v) is 11.4. The Bertz CT molecular complexity index is 637. The zero-order chi connectivity index (χ0) is 13.1. The van der Waals surface area contributed by atoms with Gasteiger partial charge in [-0.15, -0.1) is 0 Å². The van der Waals surface area contributed by atoms with E-state index in [2.05, 4.69) is 27.3 Å². The summed E-state index contributed by atoms with van der Waals surface area (Å²) in [5, 5.41) is 12.0. The number of nitriles is 1. The minimum absolute atomic E-state index is 0.0651. The second-order valence-corrected chi connectivity index (χ2v) is 4.88. The van der Waals surface area contributed by atoms with E-state index in [1.165, 1.54) is 12.1 Å². The molecule has 0 spiro atoms. The summed E-state index contributed by atoms with van der Waals surface area (Å²) in [4.78, 5) is 0. The van der Waals surface area contributed by atoms with Crippen LogP contribution in [0.3, 0.4) is 0 Å². The van der Waals surface area contributed by atoms with Crippen LogP contribution in [0.5, 0.6) is 0 Å². The average Bonchev–Trinajstić information content (AvgIpc) is 2.34. The van der Waals surface area contributed by atoms with E-state index < -0.39 is 5.82 Å². The second kappa shape index (κ2) is 5.38. The molecular formula is C13H7BrClFN2. The lowest BCUT2D eigenvalue weighted by molar-refractivity contribution is 0.629. The van der Waals surface area contributed by atoms with Crippen LogP contribution in [0.4, 0.5) is 15.8 Å². The molecule has 0 heterocycles. The quantitative estimate of drug-likeness (QED) is 0.856. The van der Waals surface area contributed by atoms with E-state index in [9.17, 15) is 4.39 Å². The third-order valence-corrected chi connectivity index (χ3v) is 3.10. The van der Waals surface area contributed by atoms with Gasteiger partial charge in [-0.1, -0.05) is 27.5 Å². The van der Waals surface area contributed by atoms with E-state index in [0.29, 0.717) is 16.9 Å². The SMILES string of the molecule is N#Cc1ccc(Br)cc1Nc1ccc(Cl)c(F)c1. The first-order valence-electron chi connectivity index (χ1n) is 5.02. The second-order valence-electron chi connectivity index (χ2n) is 3.56. The van der Waals surface area contributed by atoms with Crippen molar-refractivity contribution in [2.45, 2.75) is 0 Å². The van der Waals surface area contributed by atoms with Crippen LogP contribution < -0.4 is 5.32 Å². The highest BCUT2D eigenvalue weighted by Gasteiger charge is 2.05. The Hall–Kier alpha value is -1.57. The van der Waals surface area contributed by atoms with Gasteiger partial charge in [-0.25, -0.2) is 4.39 Å². The van der Waals surface area contributed by atoms with Crippen LogP contribution in [0, 0.1) is 17.1 Å². The first-order valence-corrected chi connectivity index (χ1v) is 6.19. The number of hydrogen-bond donors (Lipinski definition) is 1. The number of anilines is 2. The highest BCUT2D eigenvalue weighted by Crippen LogP contribution is 2.26. The molecular weight excluding hydrogens is 319 g/mol. The minimum Gasteiger partial charge on any atom is -0.354 e. The number of nitrogens with zero attached hydrogens (tertiary/aromatic N) is 1. The van der Waals surface area contributed by atoms with E-state index in [0.717, 1.165) is 4.47 Å². The van der Waals surface area contributed by atoms with Gasteiger partial charge in [-0.05, 0) is 36.4 Å². The lowest BCUT2D eigenvalue weighted by atomic mass is 10.2. The molecule has 90 valence electrons. The predicted octanol–water partition coefficient (Wildman–Crippen LogP) is 4.86. The van der Waals surface area contributed by atoms with Crippen molar-refractivity contribution in [3.05, 3.63) is 57.3 Å². The Labute approximate surface area is 117 Å². The zero-order valence-electron chi connectivity index (χ0n) is 9.05. The van der Waals surface area contributed by atoms with Gasteiger partial charge in [0.15, 0.2) is 0 Å². The Kier molecular flexibility index (Phi) is 3.85. The Morgan fingerprint density at radius 2 is 2.00 bits per heavy atom. The normalized spacial score (nSPS) is 9.89. The summed E-state index contributed by atoms with van der Waals surface area (Å²) in [6, 6.07) is 11.7. The summed E-state index contributed by atoms with van der Waals surface area (Å²) in [5.74, 6) is -0.504. The van der Waals surface area contributed by atoms with Gasteiger partial charge in [0.05, 0.1) is 16.3 Å². The van der Waals surface area contributed by atoms with E-state index in [1.54, 1.807) is 24.3 Å². The molecule has 0 saturated heterocycles. The molecule has 1 N–H and O–H groups in total. The highest BCUT2D eigenvalue weighted by atomic mass is 79.9.